The molecule has 1 heterocycles. The van der Waals surface area contributed by atoms with Crippen molar-refractivity contribution in [2.24, 2.45) is 0 Å². The van der Waals surface area contributed by atoms with Crippen molar-refractivity contribution >= 4 is 44.4 Å². The monoisotopic (exact) mass is 483 g/mol. The second-order valence-electron chi connectivity index (χ2n) is 7.12. The summed E-state index contributed by atoms with van der Waals surface area (Å²) in [6.45, 7) is 2.24. The van der Waals surface area contributed by atoms with Crippen LogP contribution >= 0.6 is 27.3 Å². The molecular formula is C24H26BrN3OS. The number of nitrogens with one attached hydrogen (secondary N) is 1. The first kappa shape index (κ1) is 22.4. The van der Waals surface area contributed by atoms with Gasteiger partial charge in [0.1, 0.15) is 0 Å². The Labute approximate surface area is 190 Å². The fourth-order valence-corrected chi connectivity index (χ4v) is 4.45. The quantitative estimate of drug-likeness (QED) is 0.246. The third-order valence-electron chi connectivity index (χ3n) is 4.74. The van der Waals surface area contributed by atoms with Gasteiger partial charge in [0, 0.05) is 16.1 Å². The summed E-state index contributed by atoms with van der Waals surface area (Å²) >= 11 is 4.86. The van der Waals surface area contributed by atoms with Gasteiger partial charge in [-0.2, -0.15) is 0 Å². The number of hydrogen-bond donors (Lipinski definition) is 1. The highest BCUT2D eigenvalue weighted by atomic mass is 79.9. The fourth-order valence-electron chi connectivity index (χ4n) is 3.06. The molecule has 0 atom stereocenters. The van der Waals surface area contributed by atoms with Gasteiger partial charge < -0.3 is 0 Å². The smallest absolute Gasteiger partial charge is 0.250 e. The van der Waals surface area contributed by atoms with Gasteiger partial charge in [0.2, 0.25) is 11.0 Å². The van der Waals surface area contributed by atoms with E-state index in [2.05, 4.69) is 62.6 Å². The number of carbonyl (C=O) groups excluding carboxylic acids is 1. The van der Waals surface area contributed by atoms with Gasteiger partial charge in [-0.3, -0.25) is 10.1 Å². The number of nitrogens with zero attached hydrogens (tertiary/aromatic N) is 2. The summed E-state index contributed by atoms with van der Waals surface area (Å²) in [6.07, 6.45) is 10.9. The van der Waals surface area contributed by atoms with Gasteiger partial charge in [0.15, 0.2) is 5.01 Å². The van der Waals surface area contributed by atoms with E-state index in [-0.39, 0.29) is 5.91 Å². The second kappa shape index (κ2) is 11.8. The highest BCUT2D eigenvalue weighted by Crippen LogP contribution is 2.31. The standard InChI is InChI=1S/C24H26BrN3OS/c1-2-3-4-5-6-9-18-12-14-19(15-13-18)16-17-22(29)26-24-28-27-23(30-24)20-10-7-8-11-21(20)25/h7-8,10-17H,2-6,9H2,1H3,(H,26,28,29). The minimum absolute atomic E-state index is 0.218. The van der Waals surface area contributed by atoms with Crippen molar-refractivity contribution in [2.45, 2.75) is 45.4 Å². The van der Waals surface area contributed by atoms with Crippen LogP contribution in [0, 0.1) is 0 Å². The molecule has 156 valence electrons. The number of carbonyl (C=O) groups is 1. The van der Waals surface area contributed by atoms with E-state index in [4.69, 9.17) is 0 Å². The maximum atomic E-state index is 12.2. The van der Waals surface area contributed by atoms with Gasteiger partial charge in [-0.05, 0) is 36.1 Å². The summed E-state index contributed by atoms with van der Waals surface area (Å²) < 4.78 is 0.948. The van der Waals surface area contributed by atoms with Crippen LogP contribution in [0.1, 0.15) is 50.2 Å². The Balaban J connectivity index is 1.50. The highest BCUT2D eigenvalue weighted by molar-refractivity contribution is 9.10. The molecule has 0 bridgehead atoms. The Morgan fingerprint density at radius 3 is 2.57 bits per heavy atom. The summed E-state index contributed by atoms with van der Waals surface area (Å²) in [5.41, 5.74) is 3.31. The number of benzene rings is 2. The van der Waals surface area contributed by atoms with Crippen LogP contribution in [0.2, 0.25) is 0 Å². The van der Waals surface area contributed by atoms with Crippen LogP contribution < -0.4 is 5.32 Å². The van der Waals surface area contributed by atoms with E-state index < -0.39 is 0 Å². The zero-order valence-electron chi connectivity index (χ0n) is 17.1. The first-order chi connectivity index (χ1) is 14.7. The Kier molecular flexibility index (Phi) is 8.78. The number of unbranched alkanes of at least 4 members (excludes halogenated alkanes) is 4. The normalized spacial score (nSPS) is 11.1. The molecule has 4 nitrogen and oxygen atoms in total. The lowest BCUT2D eigenvalue weighted by Gasteiger charge is -2.02. The lowest BCUT2D eigenvalue weighted by Crippen LogP contribution is -2.07. The third-order valence-corrected chi connectivity index (χ3v) is 6.30. The van der Waals surface area contributed by atoms with E-state index in [0.717, 1.165) is 27.0 Å². The molecule has 0 aliphatic carbocycles. The minimum Gasteiger partial charge on any atom is -0.297 e. The first-order valence-electron chi connectivity index (χ1n) is 10.3. The molecule has 0 fully saturated rings. The topological polar surface area (TPSA) is 54.9 Å². The number of rotatable bonds is 10. The average Bonchev–Trinajstić information content (AvgIpc) is 3.21. The summed E-state index contributed by atoms with van der Waals surface area (Å²) in [5.74, 6) is -0.218. The molecule has 1 amide bonds. The van der Waals surface area contributed by atoms with Crippen molar-refractivity contribution < 1.29 is 4.79 Å². The van der Waals surface area contributed by atoms with Gasteiger partial charge in [0.25, 0.3) is 0 Å². The lowest BCUT2D eigenvalue weighted by atomic mass is 10.0. The van der Waals surface area contributed by atoms with Crippen molar-refractivity contribution in [1.29, 1.82) is 0 Å². The molecule has 0 radical (unpaired) electrons. The lowest BCUT2D eigenvalue weighted by molar-refractivity contribution is -0.111. The molecule has 3 rings (SSSR count). The molecule has 0 saturated heterocycles. The Morgan fingerprint density at radius 2 is 1.80 bits per heavy atom. The van der Waals surface area contributed by atoms with Gasteiger partial charge in [0.05, 0.1) is 0 Å². The zero-order valence-corrected chi connectivity index (χ0v) is 19.5. The average molecular weight is 484 g/mol. The molecule has 3 aromatic rings. The number of aryl methyl sites for hydroxylation is 1. The van der Waals surface area contributed by atoms with Crippen molar-refractivity contribution in [3.8, 4) is 10.6 Å². The molecular weight excluding hydrogens is 458 g/mol. The SMILES string of the molecule is CCCCCCCc1ccc(C=CC(=O)Nc2nnc(-c3ccccc3Br)s2)cc1. The first-order valence-corrected chi connectivity index (χ1v) is 11.9. The second-order valence-corrected chi connectivity index (χ2v) is 8.95. The van der Waals surface area contributed by atoms with E-state index in [1.54, 1.807) is 0 Å². The third kappa shape index (κ3) is 6.89. The van der Waals surface area contributed by atoms with Gasteiger partial charge in [-0.1, -0.05) is 102 Å². The number of amides is 1. The van der Waals surface area contributed by atoms with E-state index in [1.807, 2.05) is 30.3 Å². The molecule has 0 unspecified atom stereocenters. The maximum Gasteiger partial charge on any atom is 0.250 e. The molecule has 2 aromatic carbocycles. The van der Waals surface area contributed by atoms with Crippen LogP contribution in [-0.4, -0.2) is 16.1 Å². The van der Waals surface area contributed by atoms with E-state index in [1.165, 1.54) is 55.1 Å². The number of aromatic nitrogens is 2. The van der Waals surface area contributed by atoms with Crippen LogP contribution in [0.5, 0.6) is 0 Å². The Bertz CT molecular complexity index is 982. The van der Waals surface area contributed by atoms with Crippen molar-refractivity contribution in [3.05, 3.63) is 70.2 Å². The minimum atomic E-state index is -0.218. The van der Waals surface area contributed by atoms with Gasteiger partial charge in [-0.25, -0.2) is 0 Å². The molecule has 6 heteroatoms. The Morgan fingerprint density at radius 1 is 1.03 bits per heavy atom. The summed E-state index contributed by atoms with van der Waals surface area (Å²) in [6, 6.07) is 16.2. The van der Waals surface area contributed by atoms with Crippen LogP contribution in [0.4, 0.5) is 5.13 Å². The summed E-state index contributed by atoms with van der Waals surface area (Å²) in [4.78, 5) is 12.2. The summed E-state index contributed by atoms with van der Waals surface area (Å²) in [7, 11) is 0. The van der Waals surface area contributed by atoms with Crippen molar-refractivity contribution in [2.75, 3.05) is 5.32 Å². The zero-order chi connectivity index (χ0) is 21.2. The van der Waals surface area contributed by atoms with Crippen LogP contribution in [0.15, 0.2) is 59.1 Å². The molecule has 0 aliphatic heterocycles. The Hall–Kier alpha value is -2.31. The number of hydrogen-bond acceptors (Lipinski definition) is 4. The van der Waals surface area contributed by atoms with Crippen LogP contribution in [0.25, 0.3) is 16.6 Å². The molecule has 30 heavy (non-hydrogen) atoms. The molecule has 0 saturated carbocycles. The van der Waals surface area contributed by atoms with Crippen molar-refractivity contribution in [1.82, 2.24) is 10.2 Å². The molecule has 0 aliphatic rings. The fraction of sp³-hybridized carbons (Fsp3) is 0.292. The van der Waals surface area contributed by atoms with Crippen LogP contribution in [0.3, 0.4) is 0 Å². The number of halogens is 1. The van der Waals surface area contributed by atoms with Crippen molar-refractivity contribution in [3.63, 3.8) is 0 Å². The molecule has 1 aromatic heterocycles. The predicted octanol–water partition coefficient (Wildman–Crippen LogP) is 7.13. The maximum absolute atomic E-state index is 12.2. The molecule has 0 spiro atoms. The number of anilines is 1. The van der Waals surface area contributed by atoms with E-state index >= 15 is 0 Å². The van der Waals surface area contributed by atoms with E-state index in [0.29, 0.717) is 5.13 Å². The van der Waals surface area contributed by atoms with E-state index in [9.17, 15) is 4.79 Å². The molecule has 1 N–H and O–H groups in total. The van der Waals surface area contributed by atoms with Gasteiger partial charge in [-0.15, -0.1) is 10.2 Å². The largest absolute Gasteiger partial charge is 0.297 e. The highest BCUT2D eigenvalue weighted by Gasteiger charge is 2.10. The van der Waals surface area contributed by atoms with Gasteiger partial charge >= 0.3 is 0 Å². The predicted molar refractivity (Wildman–Crippen MR) is 130 cm³/mol. The van der Waals surface area contributed by atoms with Crippen LogP contribution in [-0.2, 0) is 11.2 Å². The summed E-state index contributed by atoms with van der Waals surface area (Å²) in [5, 5.41) is 12.3.